The van der Waals surface area contributed by atoms with E-state index in [1.54, 1.807) is 42.5 Å². The largest absolute Gasteiger partial charge is 0.451 e. The van der Waals surface area contributed by atoms with E-state index in [-0.39, 0.29) is 5.76 Å². The molecular formula is C22H18ClN3O4S2. The molecule has 0 bridgehead atoms. The van der Waals surface area contributed by atoms with Crippen molar-refractivity contribution in [2.45, 2.75) is 0 Å². The van der Waals surface area contributed by atoms with Crippen molar-refractivity contribution < 1.29 is 17.6 Å². The molecule has 2 heterocycles. The summed E-state index contributed by atoms with van der Waals surface area (Å²) in [4.78, 5) is 17.0. The summed E-state index contributed by atoms with van der Waals surface area (Å²) in [6.45, 7) is 0. The molecule has 164 valence electrons. The molecular weight excluding hydrogens is 470 g/mol. The lowest BCUT2D eigenvalue weighted by molar-refractivity contribution is 0.0997. The number of sulfonamides is 1. The molecule has 10 heteroatoms. The van der Waals surface area contributed by atoms with E-state index in [9.17, 15) is 13.2 Å². The number of hydrogen-bond donors (Lipinski definition) is 1. The third-order valence-corrected chi connectivity index (χ3v) is 7.01. The van der Waals surface area contributed by atoms with Crippen LogP contribution < -0.4 is 9.62 Å². The van der Waals surface area contributed by atoms with Gasteiger partial charge >= 0.3 is 0 Å². The van der Waals surface area contributed by atoms with Crippen molar-refractivity contribution in [1.82, 2.24) is 4.98 Å². The van der Waals surface area contributed by atoms with Gasteiger partial charge in [0.1, 0.15) is 5.76 Å². The van der Waals surface area contributed by atoms with Crippen LogP contribution in [0.25, 0.3) is 22.6 Å². The second-order valence-corrected chi connectivity index (χ2v) is 10.2. The minimum Gasteiger partial charge on any atom is -0.451 e. The molecule has 7 nitrogen and oxygen atoms in total. The summed E-state index contributed by atoms with van der Waals surface area (Å²) in [5.74, 6) is 0.221. The number of anilines is 2. The topological polar surface area (TPSA) is 92.5 Å². The second-order valence-electron chi connectivity index (χ2n) is 6.91. The Morgan fingerprint density at radius 1 is 1.09 bits per heavy atom. The number of aromatic nitrogens is 1. The van der Waals surface area contributed by atoms with Crippen LogP contribution in [0.15, 0.2) is 70.5 Å². The number of halogens is 1. The van der Waals surface area contributed by atoms with Crippen LogP contribution in [0.5, 0.6) is 0 Å². The van der Waals surface area contributed by atoms with Crippen molar-refractivity contribution in [3.05, 3.63) is 76.8 Å². The molecule has 0 radical (unpaired) electrons. The smallest absolute Gasteiger partial charge is 0.293 e. The molecule has 0 saturated carbocycles. The lowest BCUT2D eigenvalue weighted by Crippen LogP contribution is -2.24. The van der Waals surface area contributed by atoms with Gasteiger partial charge in [0.25, 0.3) is 5.91 Å². The van der Waals surface area contributed by atoms with E-state index in [1.807, 2.05) is 23.6 Å². The standard InChI is InChI=1S/C22H18ClN3O4S2/c1-26(32(2,28)29)15-9-7-14(8-10-15)18-13-31-22(24-18)25-21(27)20-12-11-19(30-20)16-5-3-4-6-17(16)23/h3-13H,1-2H3,(H,24,25,27). The zero-order chi connectivity index (χ0) is 22.9. The van der Waals surface area contributed by atoms with Crippen LogP contribution >= 0.6 is 22.9 Å². The summed E-state index contributed by atoms with van der Waals surface area (Å²) in [6.07, 6.45) is 1.15. The number of furan rings is 1. The minimum absolute atomic E-state index is 0.143. The predicted molar refractivity (Wildman–Crippen MR) is 128 cm³/mol. The Kier molecular flexibility index (Phi) is 6.05. The molecule has 32 heavy (non-hydrogen) atoms. The highest BCUT2D eigenvalue weighted by Crippen LogP contribution is 2.30. The van der Waals surface area contributed by atoms with Gasteiger partial charge in [-0.05, 0) is 36.4 Å². The predicted octanol–water partition coefficient (Wildman–Crippen LogP) is 5.37. The van der Waals surface area contributed by atoms with Crippen LogP contribution in [0.1, 0.15) is 10.6 Å². The van der Waals surface area contributed by atoms with Gasteiger partial charge in [-0.1, -0.05) is 35.9 Å². The molecule has 0 atom stereocenters. The number of benzene rings is 2. The summed E-state index contributed by atoms with van der Waals surface area (Å²) in [6, 6.07) is 17.5. The molecule has 4 rings (SSSR count). The molecule has 1 amide bonds. The summed E-state index contributed by atoms with van der Waals surface area (Å²) < 4.78 is 30.2. The number of carbonyl (C=O) groups is 1. The monoisotopic (exact) mass is 487 g/mol. The highest BCUT2D eigenvalue weighted by molar-refractivity contribution is 7.92. The Labute approximate surface area is 194 Å². The van der Waals surface area contributed by atoms with Gasteiger partial charge in [-0.25, -0.2) is 13.4 Å². The van der Waals surface area contributed by atoms with E-state index in [1.165, 1.54) is 22.7 Å². The Morgan fingerprint density at radius 2 is 1.81 bits per heavy atom. The number of hydrogen-bond acceptors (Lipinski definition) is 6. The zero-order valence-corrected chi connectivity index (χ0v) is 19.5. The number of nitrogens with one attached hydrogen (secondary N) is 1. The van der Waals surface area contributed by atoms with Crippen LogP contribution in [-0.4, -0.2) is 32.6 Å². The first kappa shape index (κ1) is 22.1. The van der Waals surface area contributed by atoms with Gasteiger partial charge in [-0.15, -0.1) is 11.3 Å². The number of amides is 1. The van der Waals surface area contributed by atoms with Crippen LogP contribution in [0.3, 0.4) is 0 Å². The van der Waals surface area contributed by atoms with Crippen molar-refractivity contribution >= 4 is 49.7 Å². The van der Waals surface area contributed by atoms with Crippen molar-refractivity contribution in [3.63, 3.8) is 0 Å². The van der Waals surface area contributed by atoms with Crippen LogP contribution in [0.4, 0.5) is 10.8 Å². The minimum atomic E-state index is -3.33. The van der Waals surface area contributed by atoms with Crippen LogP contribution in [0.2, 0.25) is 5.02 Å². The number of carbonyl (C=O) groups excluding carboxylic acids is 1. The van der Waals surface area contributed by atoms with Crippen molar-refractivity contribution in [3.8, 4) is 22.6 Å². The van der Waals surface area contributed by atoms with E-state index >= 15 is 0 Å². The third kappa shape index (κ3) is 4.69. The normalized spacial score (nSPS) is 11.3. The second kappa shape index (κ2) is 8.78. The quantitative estimate of drug-likeness (QED) is 0.394. The Morgan fingerprint density at radius 3 is 2.50 bits per heavy atom. The molecule has 0 saturated heterocycles. The molecule has 2 aromatic carbocycles. The molecule has 0 fully saturated rings. The van der Waals surface area contributed by atoms with E-state index in [4.69, 9.17) is 16.0 Å². The van der Waals surface area contributed by atoms with Gasteiger partial charge in [-0.3, -0.25) is 14.4 Å². The Balaban J connectivity index is 1.47. The number of nitrogens with zero attached hydrogens (tertiary/aromatic N) is 2. The highest BCUT2D eigenvalue weighted by atomic mass is 35.5. The van der Waals surface area contributed by atoms with Crippen molar-refractivity contribution in [1.29, 1.82) is 0 Å². The third-order valence-electron chi connectivity index (χ3n) is 4.72. The fourth-order valence-corrected chi connectivity index (χ4v) is 4.37. The first-order valence-electron chi connectivity index (χ1n) is 9.38. The number of thiazole rings is 1. The SMILES string of the molecule is CN(c1ccc(-c2csc(NC(=O)c3ccc(-c4ccccc4Cl)o3)n2)cc1)S(C)(=O)=O. The molecule has 4 aromatic rings. The van der Waals surface area contributed by atoms with Gasteiger partial charge < -0.3 is 4.42 Å². The lowest BCUT2D eigenvalue weighted by atomic mass is 10.1. The first-order chi connectivity index (χ1) is 15.2. The Hall–Kier alpha value is -3.14. The van der Waals surface area contributed by atoms with E-state index < -0.39 is 15.9 Å². The first-order valence-corrected chi connectivity index (χ1v) is 12.5. The van der Waals surface area contributed by atoms with Gasteiger partial charge in [0.05, 0.1) is 22.7 Å². The maximum Gasteiger partial charge on any atom is 0.293 e. The van der Waals surface area contributed by atoms with Gasteiger partial charge in [0, 0.05) is 23.6 Å². The lowest BCUT2D eigenvalue weighted by Gasteiger charge is -2.16. The van der Waals surface area contributed by atoms with Gasteiger partial charge in [0.2, 0.25) is 10.0 Å². The molecule has 0 aliphatic rings. The Bertz CT molecular complexity index is 1380. The van der Waals surface area contributed by atoms with Gasteiger partial charge in [-0.2, -0.15) is 0 Å². The van der Waals surface area contributed by atoms with Gasteiger partial charge in [0.15, 0.2) is 10.9 Å². The molecule has 0 aliphatic heterocycles. The fourth-order valence-electron chi connectivity index (χ4n) is 2.92. The average Bonchev–Trinajstić information content (AvgIpc) is 3.43. The summed E-state index contributed by atoms with van der Waals surface area (Å²) in [5, 5.41) is 5.49. The average molecular weight is 488 g/mol. The summed E-state index contributed by atoms with van der Waals surface area (Å²) in [5.41, 5.74) is 2.71. The summed E-state index contributed by atoms with van der Waals surface area (Å²) in [7, 11) is -1.84. The number of rotatable bonds is 6. The van der Waals surface area contributed by atoms with Crippen molar-refractivity contribution in [2.24, 2.45) is 0 Å². The molecule has 0 spiro atoms. The van der Waals surface area contributed by atoms with E-state index in [0.717, 1.165) is 11.8 Å². The van der Waals surface area contributed by atoms with E-state index in [2.05, 4.69) is 10.3 Å². The maximum atomic E-state index is 12.6. The fraction of sp³-hybridized carbons (Fsp3) is 0.0909. The highest BCUT2D eigenvalue weighted by Gasteiger charge is 2.16. The van der Waals surface area contributed by atoms with Crippen molar-refractivity contribution in [2.75, 3.05) is 22.9 Å². The molecule has 0 aliphatic carbocycles. The maximum absolute atomic E-state index is 12.6. The van der Waals surface area contributed by atoms with Crippen LogP contribution in [-0.2, 0) is 10.0 Å². The zero-order valence-electron chi connectivity index (χ0n) is 17.1. The van der Waals surface area contributed by atoms with Crippen LogP contribution in [0, 0.1) is 0 Å². The molecule has 0 unspecified atom stereocenters. The molecule has 1 N–H and O–H groups in total. The summed E-state index contributed by atoms with van der Waals surface area (Å²) >= 11 is 7.46. The molecule has 2 aromatic heterocycles. The van der Waals surface area contributed by atoms with E-state index in [0.29, 0.717) is 32.9 Å².